The van der Waals surface area contributed by atoms with E-state index >= 15 is 0 Å². The zero-order chi connectivity index (χ0) is 14.5. The Morgan fingerprint density at radius 2 is 2.05 bits per heavy atom. The molecule has 108 valence electrons. The molecule has 3 rings (SSSR count). The lowest BCUT2D eigenvalue weighted by atomic mass is 10.1. The van der Waals surface area contributed by atoms with Crippen molar-refractivity contribution in [1.29, 1.82) is 0 Å². The fourth-order valence-electron chi connectivity index (χ4n) is 2.38. The van der Waals surface area contributed by atoms with E-state index in [9.17, 15) is 0 Å². The first-order chi connectivity index (χ1) is 10.3. The minimum absolute atomic E-state index is 0.183. The van der Waals surface area contributed by atoms with Gasteiger partial charge in [0, 0.05) is 24.3 Å². The van der Waals surface area contributed by atoms with Gasteiger partial charge in [0.15, 0.2) is 0 Å². The topological polar surface area (TPSA) is 18.5 Å². The van der Waals surface area contributed by atoms with Crippen LogP contribution in [-0.2, 0) is 4.74 Å². The zero-order valence-electron chi connectivity index (χ0n) is 11.8. The number of rotatable bonds is 3. The molecule has 2 nitrogen and oxygen atoms in total. The Balaban J connectivity index is 1.79. The predicted molar refractivity (Wildman–Crippen MR) is 86.0 cm³/mol. The number of fused-ring (bicyclic) bond motifs is 1. The molecule has 1 atom stereocenters. The van der Waals surface area contributed by atoms with Crippen LogP contribution in [0, 0.1) is 11.8 Å². The third-order valence-corrected chi connectivity index (χ3v) is 3.64. The first kappa shape index (κ1) is 14.3. The normalized spacial score (nSPS) is 17.5. The van der Waals surface area contributed by atoms with E-state index in [1.165, 1.54) is 5.39 Å². The summed E-state index contributed by atoms with van der Waals surface area (Å²) in [5, 5.41) is 2.33. The van der Waals surface area contributed by atoms with Gasteiger partial charge in [-0.25, -0.2) is 0 Å². The molecule has 3 heteroatoms. The van der Waals surface area contributed by atoms with E-state index in [1.54, 1.807) is 0 Å². The third-order valence-electron chi connectivity index (χ3n) is 3.45. The molecule has 1 aliphatic heterocycles. The molecular formula is C18H17ClO2. The van der Waals surface area contributed by atoms with Gasteiger partial charge in [0.2, 0.25) is 0 Å². The first-order valence-corrected chi connectivity index (χ1v) is 7.72. The van der Waals surface area contributed by atoms with Crippen LogP contribution in [0.25, 0.3) is 10.8 Å². The maximum atomic E-state index is 5.93. The monoisotopic (exact) mass is 300 g/mol. The van der Waals surface area contributed by atoms with Crippen molar-refractivity contribution in [2.24, 2.45) is 0 Å². The lowest BCUT2D eigenvalue weighted by molar-refractivity contribution is 0.141. The van der Waals surface area contributed by atoms with Crippen molar-refractivity contribution >= 4 is 22.4 Å². The molecule has 0 N–H and O–H groups in total. The van der Waals surface area contributed by atoms with Crippen molar-refractivity contribution < 1.29 is 9.47 Å². The van der Waals surface area contributed by atoms with Gasteiger partial charge in [-0.1, -0.05) is 24.0 Å². The molecule has 2 aromatic rings. The largest absolute Gasteiger partial charge is 0.488 e. The van der Waals surface area contributed by atoms with Crippen LogP contribution in [0.1, 0.15) is 18.4 Å². The molecule has 1 fully saturated rings. The number of hydrogen-bond donors (Lipinski definition) is 0. The summed E-state index contributed by atoms with van der Waals surface area (Å²) in [5.41, 5.74) is 1.02. The maximum absolute atomic E-state index is 5.93. The molecule has 0 amide bonds. The Morgan fingerprint density at radius 1 is 1.19 bits per heavy atom. The second kappa shape index (κ2) is 6.85. The molecule has 1 aliphatic rings. The molecule has 1 heterocycles. The lowest BCUT2D eigenvalue weighted by Crippen LogP contribution is -2.15. The fourth-order valence-corrected chi connectivity index (χ4v) is 2.48. The average Bonchev–Trinajstić information content (AvgIpc) is 3.00. The zero-order valence-corrected chi connectivity index (χ0v) is 12.5. The number of alkyl halides is 1. The van der Waals surface area contributed by atoms with Crippen LogP contribution in [0.2, 0.25) is 0 Å². The van der Waals surface area contributed by atoms with Gasteiger partial charge in [0.25, 0.3) is 0 Å². The van der Waals surface area contributed by atoms with Gasteiger partial charge in [-0.05, 0) is 35.0 Å². The molecule has 0 aliphatic carbocycles. The molecule has 21 heavy (non-hydrogen) atoms. The van der Waals surface area contributed by atoms with E-state index in [0.29, 0.717) is 12.5 Å². The van der Waals surface area contributed by atoms with Gasteiger partial charge >= 0.3 is 0 Å². The molecule has 0 bridgehead atoms. The van der Waals surface area contributed by atoms with Crippen molar-refractivity contribution in [1.82, 2.24) is 0 Å². The van der Waals surface area contributed by atoms with Gasteiger partial charge in [-0.3, -0.25) is 0 Å². The number of halogens is 1. The van der Waals surface area contributed by atoms with E-state index in [2.05, 4.69) is 36.1 Å². The van der Waals surface area contributed by atoms with Crippen LogP contribution in [0.5, 0.6) is 5.75 Å². The van der Waals surface area contributed by atoms with Crippen LogP contribution < -0.4 is 4.74 Å². The number of hydrogen-bond acceptors (Lipinski definition) is 2. The van der Waals surface area contributed by atoms with Gasteiger partial charge in [-0.2, -0.15) is 0 Å². The average molecular weight is 301 g/mol. The highest BCUT2D eigenvalue weighted by molar-refractivity contribution is 6.18. The second-order valence-electron chi connectivity index (χ2n) is 5.07. The fraction of sp³-hybridized carbons (Fsp3) is 0.333. The smallest absolute Gasteiger partial charge is 0.124 e. The molecule has 0 radical (unpaired) electrons. The van der Waals surface area contributed by atoms with Gasteiger partial charge < -0.3 is 9.47 Å². The van der Waals surface area contributed by atoms with Crippen molar-refractivity contribution in [3.05, 3.63) is 42.0 Å². The Labute approximate surface area is 130 Å². The molecule has 1 saturated heterocycles. The molecule has 0 spiro atoms. The van der Waals surface area contributed by atoms with Crippen LogP contribution >= 0.6 is 11.6 Å². The van der Waals surface area contributed by atoms with E-state index in [0.717, 1.165) is 36.1 Å². The molecule has 0 aromatic heterocycles. The Kier molecular flexibility index (Phi) is 4.65. The van der Waals surface area contributed by atoms with Gasteiger partial charge in [0.05, 0.1) is 13.2 Å². The SMILES string of the molecule is ClCCC#Cc1ccc2cc(OC3CCOC3)ccc2c1. The van der Waals surface area contributed by atoms with E-state index in [4.69, 9.17) is 21.1 Å². The van der Waals surface area contributed by atoms with E-state index in [-0.39, 0.29) is 6.10 Å². The van der Waals surface area contributed by atoms with Crippen molar-refractivity contribution in [3.8, 4) is 17.6 Å². The molecular weight excluding hydrogens is 284 g/mol. The maximum Gasteiger partial charge on any atom is 0.124 e. The highest BCUT2D eigenvalue weighted by Crippen LogP contribution is 2.24. The summed E-state index contributed by atoms with van der Waals surface area (Å²) < 4.78 is 11.3. The van der Waals surface area contributed by atoms with Crippen LogP contribution in [0.3, 0.4) is 0 Å². The summed E-state index contributed by atoms with van der Waals surface area (Å²) >= 11 is 5.62. The van der Waals surface area contributed by atoms with Crippen LogP contribution in [-0.4, -0.2) is 25.2 Å². The number of benzene rings is 2. The minimum atomic E-state index is 0.183. The summed E-state index contributed by atoms with van der Waals surface area (Å²) in [6.45, 7) is 1.48. The van der Waals surface area contributed by atoms with Crippen LogP contribution in [0.15, 0.2) is 36.4 Å². The predicted octanol–water partition coefficient (Wildman–Crippen LogP) is 3.99. The summed E-state index contributed by atoms with van der Waals surface area (Å²) in [6, 6.07) is 12.4. The van der Waals surface area contributed by atoms with Gasteiger partial charge in [0.1, 0.15) is 11.9 Å². The second-order valence-corrected chi connectivity index (χ2v) is 5.45. The molecule has 0 saturated carbocycles. The Hall–Kier alpha value is -1.69. The summed E-state index contributed by atoms with van der Waals surface area (Å²) in [4.78, 5) is 0. The van der Waals surface area contributed by atoms with Crippen LogP contribution in [0.4, 0.5) is 0 Å². The Bertz CT molecular complexity index is 678. The third kappa shape index (κ3) is 3.69. The van der Waals surface area contributed by atoms with Crippen molar-refractivity contribution in [3.63, 3.8) is 0 Å². The summed E-state index contributed by atoms with van der Waals surface area (Å²) in [7, 11) is 0. The van der Waals surface area contributed by atoms with Gasteiger partial charge in [-0.15, -0.1) is 11.6 Å². The van der Waals surface area contributed by atoms with E-state index < -0.39 is 0 Å². The molecule has 2 aromatic carbocycles. The standard InChI is InChI=1S/C18H17ClO2/c19-9-2-1-3-14-4-5-16-12-17(7-6-15(16)11-14)21-18-8-10-20-13-18/h4-7,11-12,18H,2,8-10,13H2. The summed E-state index contributed by atoms with van der Waals surface area (Å²) in [5.74, 6) is 7.66. The Morgan fingerprint density at radius 3 is 2.86 bits per heavy atom. The quantitative estimate of drug-likeness (QED) is 0.630. The van der Waals surface area contributed by atoms with Crippen molar-refractivity contribution in [2.45, 2.75) is 18.9 Å². The summed E-state index contributed by atoms with van der Waals surface area (Å²) in [6.07, 6.45) is 1.87. The lowest BCUT2D eigenvalue weighted by Gasteiger charge is -2.12. The van der Waals surface area contributed by atoms with E-state index in [1.807, 2.05) is 12.1 Å². The minimum Gasteiger partial charge on any atom is -0.488 e. The number of ether oxygens (including phenoxy) is 2. The van der Waals surface area contributed by atoms with Crippen molar-refractivity contribution in [2.75, 3.05) is 19.1 Å². The molecule has 1 unspecified atom stereocenters. The highest BCUT2D eigenvalue weighted by atomic mass is 35.5. The first-order valence-electron chi connectivity index (χ1n) is 7.18. The highest BCUT2D eigenvalue weighted by Gasteiger charge is 2.17.